The average molecular weight is 268 g/mol. The highest BCUT2D eigenvalue weighted by Gasteiger charge is 2.12. The average Bonchev–Trinajstić information content (AvgIpc) is 2.48. The fraction of sp³-hybridized carbons (Fsp3) is 0.176. The second-order valence-corrected chi connectivity index (χ2v) is 4.35. The predicted octanol–water partition coefficient (Wildman–Crippen LogP) is 3.49. The van der Waals surface area contributed by atoms with Crippen LogP contribution in [0.25, 0.3) is 11.1 Å². The van der Waals surface area contributed by atoms with Crippen LogP contribution in [0.2, 0.25) is 0 Å². The SMILES string of the molecule is CCOC(=O)CC(=O)c1ccc(-c2ccccc2)cc1. The van der Waals surface area contributed by atoms with Crippen molar-refractivity contribution in [1.29, 1.82) is 0 Å². The normalized spacial score (nSPS) is 10.1. The minimum atomic E-state index is -0.482. The molecule has 2 aromatic rings. The molecule has 2 rings (SSSR count). The Morgan fingerprint density at radius 3 is 2.10 bits per heavy atom. The standard InChI is InChI=1S/C17H16O3/c1-2-20-17(19)12-16(18)15-10-8-14(9-11-15)13-6-4-3-5-7-13/h3-11H,2,12H2,1H3. The van der Waals surface area contributed by atoms with Crippen molar-refractivity contribution in [1.82, 2.24) is 0 Å². The van der Waals surface area contributed by atoms with Crippen LogP contribution in [0.4, 0.5) is 0 Å². The maximum atomic E-state index is 11.9. The summed E-state index contributed by atoms with van der Waals surface area (Å²) in [5.74, 6) is -0.701. The van der Waals surface area contributed by atoms with Crippen molar-refractivity contribution < 1.29 is 14.3 Å². The van der Waals surface area contributed by atoms with Gasteiger partial charge in [-0.1, -0.05) is 54.6 Å². The molecule has 0 fully saturated rings. The van der Waals surface area contributed by atoms with Crippen molar-refractivity contribution >= 4 is 11.8 Å². The van der Waals surface area contributed by atoms with E-state index in [1.165, 1.54) is 0 Å². The molecule has 0 saturated carbocycles. The van der Waals surface area contributed by atoms with Crippen LogP contribution in [0.3, 0.4) is 0 Å². The summed E-state index contributed by atoms with van der Waals surface area (Å²) in [5, 5.41) is 0. The van der Waals surface area contributed by atoms with Crippen LogP contribution in [-0.2, 0) is 9.53 Å². The Bertz CT molecular complexity index is 585. The number of rotatable bonds is 5. The maximum absolute atomic E-state index is 11.9. The highest BCUT2D eigenvalue weighted by atomic mass is 16.5. The molecule has 0 heterocycles. The molecule has 0 bridgehead atoms. The lowest BCUT2D eigenvalue weighted by molar-refractivity contribution is -0.141. The van der Waals surface area contributed by atoms with Gasteiger partial charge in [-0.2, -0.15) is 0 Å². The first-order valence-electron chi connectivity index (χ1n) is 6.55. The van der Waals surface area contributed by atoms with E-state index in [2.05, 4.69) is 0 Å². The summed E-state index contributed by atoms with van der Waals surface area (Å²) in [4.78, 5) is 23.1. The fourth-order valence-corrected chi connectivity index (χ4v) is 1.92. The molecule has 0 spiro atoms. The summed E-state index contributed by atoms with van der Waals surface area (Å²) >= 11 is 0. The minimum absolute atomic E-state index is 0.210. The van der Waals surface area contributed by atoms with Crippen LogP contribution in [-0.4, -0.2) is 18.4 Å². The molecule has 0 saturated heterocycles. The summed E-state index contributed by atoms with van der Waals surface area (Å²) in [6.45, 7) is 2.01. The molecule has 0 aliphatic carbocycles. The van der Waals surface area contributed by atoms with Crippen LogP contribution >= 0.6 is 0 Å². The van der Waals surface area contributed by atoms with Gasteiger partial charge in [0.05, 0.1) is 6.61 Å². The van der Waals surface area contributed by atoms with E-state index >= 15 is 0 Å². The van der Waals surface area contributed by atoms with E-state index in [1.54, 1.807) is 19.1 Å². The van der Waals surface area contributed by atoms with Gasteiger partial charge >= 0.3 is 5.97 Å². The Kier molecular flexibility index (Phi) is 4.66. The molecule has 2 aromatic carbocycles. The van der Waals surface area contributed by atoms with Gasteiger partial charge in [0.25, 0.3) is 0 Å². The van der Waals surface area contributed by atoms with Gasteiger partial charge in [0.1, 0.15) is 6.42 Å². The number of ether oxygens (including phenoxy) is 1. The number of hydrogen-bond donors (Lipinski definition) is 0. The lowest BCUT2D eigenvalue weighted by atomic mass is 10.0. The fourth-order valence-electron chi connectivity index (χ4n) is 1.92. The number of esters is 1. The summed E-state index contributed by atoms with van der Waals surface area (Å²) in [5.41, 5.74) is 2.66. The molecule has 0 aromatic heterocycles. The quantitative estimate of drug-likeness (QED) is 0.473. The van der Waals surface area contributed by atoms with E-state index in [9.17, 15) is 9.59 Å². The first kappa shape index (κ1) is 14.0. The molecule has 102 valence electrons. The third-order valence-electron chi connectivity index (χ3n) is 2.92. The lowest BCUT2D eigenvalue weighted by Crippen LogP contribution is -2.11. The molecular formula is C17H16O3. The van der Waals surface area contributed by atoms with Gasteiger partial charge in [0.15, 0.2) is 5.78 Å². The molecule has 20 heavy (non-hydrogen) atoms. The van der Waals surface area contributed by atoms with Crippen molar-refractivity contribution in [3.8, 4) is 11.1 Å². The lowest BCUT2D eigenvalue weighted by Gasteiger charge is -2.04. The zero-order chi connectivity index (χ0) is 14.4. The Morgan fingerprint density at radius 1 is 0.900 bits per heavy atom. The number of carbonyl (C=O) groups is 2. The summed E-state index contributed by atoms with van der Waals surface area (Å²) in [6.07, 6.45) is -0.210. The van der Waals surface area contributed by atoms with E-state index in [0.29, 0.717) is 12.2 Å². The molecule has 3 nitrogen and oxygen atoms in total. The van der Waals surface area contributed by atoms with Crippen molar-refractivity contribution in [2.75, 3.05) is 6.61 Å². The zero-order valence-electron chi connectivity index (χ0n) is 11.3. The van der Waals surface area contributed by atoms with Crippen LogP contribution in [0.5, 0.6) is 0 Å². The smallest absolute Gasteiger partial charge is 0.313 e. The van der Waals surface area contributed by atoms with Crippen molar-refractivity contribution in [2.24, 2.45) is 0 Å². The molecule has 0 unspecified atom stereocenters. The van der Waals surface area contributed by atoms with Gasteiger partial charge in [-0.15, -0.1) is 0 Å². The number of carbonyl (C=O) groups excluding carboxylic acids is 2. The molecule has 3 heteroatoms. The monoisotopic (exact) mass is 268 g/mol. The first-order valence-corrected chi connectivity index (χ1v) is 6.55. The van der Waals surface area contributed by atoms with Gasteiger partial charge in [-0.3, -0.25) is 9.59 Å². The second kappa shape index (κ2) is 6.66. The third-order valence-corrected chi connectivity index (χ3v) is 2.92. The number of hydrogen-bond acceptors (Lipinski definition) is 3. The van der Waals surface area contributed by atoms with Crippen molar-refractivity contribution in [2.45, 2.75) is 13.3 Å². The Labute approximate surface area is 118 Å². The third kappa shape index (κ3) is 3.54. The molecule has 0 atom stereocenters. The molecule has 0 aliphatic rings. The maximum Gasteiger partial charge on any atom is 0.313 e. The minimum Gasteiger partial charge on any atom is -0.466 e. The highest BCUT2D eigenvalue weighted by Crippen LogP contribution is 2.19. The summed E-state index contributed by atoms with van der Waals surface area (Å²) < 4.78 is 4.77. The number of Topliss-reactive ketones (excluding diaryl/α,β-unsaturated/α-hetero) is 1. The Morgan fingerprint density at radius 2 is 1.50 bits per heavy atom. The van der Waals surface area contributed by atoms with E-state index in [1.807, 2.05) is 42.5 Å². The molecular weight excluding hydrogens is 252 g/mol. The first-order chi connectivity index (χ1) is 9.70. The molecule has 0 radical (unpaired) electrons. The molecule has 0 N–H and O–H groups in total. The van der Waals surface area contributed by atoms with Gasteiger partial charge in [-0.25, -0.2) is 0 Å². The zero-order valence-corrected chi connectivity index (χ0v) is 11.3. The Hall–Kier alpha value is -2.42. The molecule has 0 amide bonds. The van der Waals surface area contributed by atoms with Crippen LogP contribution in [0, 0.1) is 0 Å². The highest BCUT2D eigenvalue weighted by molar-refractivity contribution is 6.06. The van der Waals surface area contributed by atoms with Crippen molar-refractivity contribution in [3.63, 3.8) is 0 Å². The summed E-state index contributed by atoms with van der Waals surface area (Å²) in [6, 6.07) is 17.2. The van der Waals surface area contributed by atoms with Crippen LogP contribution in [0.15, 0.2) is 54.6 Å². The Balaban J connectivity index is 2.08. The van der Waals surface area contributed by atoms with Gasteiger partial charge < -0.3 is 4.74 Å². The van der Waals surface area contributed by atoms with E-state index < -0.39 is 5.97 Å². The number of ketones is 1. The van der Waals surface area contributed by atoms with E-state index in [4.69, 9.17) is 4.74 Å². The summed E-state index contributed by atoms with van der Waals surface area (Å²) in [7, 11) is 0. The van der Waals surface area contributed by atoms with E-state index in [-0.39, 0.29) is 12.2 Å². The second-order valence-electron chi connectivity index (χ2n) is 4.35. The largest absolute Gasteiger partial charge is 0.466 e. The van der Waals surface area contributed by atoms with Crippen LogP contribution < -0.4 is 0 Å². The van der Waals surface area contributed by atoms with E-state index in [0.717, 1.165) is 11.1 Å². The number of benzene rings is 2. The van der Waals surface area contributed by atoms with Crippen molar-refractivity contribution in [3.05, 3.63) is 60.2 Å². The van der Waals surface area contributed by atoms with Gasteiger partial charge in [0.2, 0.25) is 0 Å². The van der Waals surface area contributed by atoms with Gasteiger partial charge in [-0.05, 0) is 18.1 Å². The molecule has 0 aliphatic heterocycles. The predicted molar refractivity (Wildman–Crippen MR) is 77.5 cm³/mol. The van der Waals surface area contributed by atoms with Crippen LogP contribution in [0.1, 0.15) is 23.7 Å². The topological polar surface area (TPSA) is 43.4 Å². The van der Waals surface area contributed by atoms with Gasteiger partial charge in [0, 0.05) is 5.56 Å².